The van der Waals surface area contributed by atoms with Gasteiger partial charge >= 0.3 is 8.03 Å². The van der Waals surface area contributed by atoms with Crippen LogP contribution < -0.4 is 5.32 Å². The first-order chi connectivity index (χ1) is 18.0. The number of hydrogen-bond donors (Lipinski definition) is 2. The molecule has 1 fully saturated rings. The minimum Gasteiger partial charge on any atom is -0.350 e. The van der Waals surface area contributed by atoms with E-state index >= 15 is 0 Å². The predicted molar refractivity (Wildman–Crippen MR) is 138 cm³/mol. The molecular formula is C26H26ClF2N3O5P+. The summed E-state index contributed by atoms with van der Waals surface area (Å²) in [5.74, 6) is -2.07. The molecule has 12 heteroatoms. The van der Waals surface area contributed by atoms with E-state index in [1.54, 1.807) is 25.1 Å². The Bertz CT molecular complexity index is 1450. The molecule has 1 saturated heterocycles. The van der Waals surface area contributed by atoms with Crippen LogP contribution in [0.3, 0.4) is 0 Å². The van der Waals surface area contributed by atoms with Crippen LogP contribution >= 0.6 is 19.6 Å². The lowest BCUT2D eigenvalue weighted by Crippen LogP contribution is -2.46. The Kier molecular flexibility index (Phi) is 8.25. The fraction of sp³-hybridized carbons (Fsp3) is 0.346. The molecule has 2 heterocycles. The van der Waals surface area contributed by atoms with Crippen molar-refractivity contribution in [2.24, 2.45) is 0 Å². The molecule has 0 spiro atoms. The Morgan fingerprint density at radius 3 is 2.68 bits per heavy atom. The van der Waals surface area contributed by atoms with Crippen LogP contribution in [0.1, 0.15) is 47.4 Å². The number of benzene rings is 2. The molecule has 2 amide bonds. The number of nitrogens with zero attached hydrogens (tertiary/aromatic N) is 2. The molecule has 0 bridgehead atoms. The molecule has 38 heavy (non-hydrogen) atoms. The zero-order valence-corrected chi connectivity index (χ0v) is 22.3. The molecule has 3 aromatic rings. The van der Waals surface area contributed by atoms with Crippen molar-refractivity contribution in [2.45, 2.75) is 51.2 Å². The normalized spacial score (nSPS) is 18.5. The van der Waals surface area contributed by atoms with E-state index in [0.29, 0.717) is 22.0 Å². The number of fused-ring (bicyclic) bond motifs is 1. The highest BCUT2D eigenvalue weighted by molar-refractivity contribution is 7.38. The highest BCUT2D eigenvalue weighted by Crippen LogP contribution is 2.38. The average molecular weight is 565 g/mol. The Hall–Kier alpha value is -3.20. The summed E-state index contributed by atoms with van der Waals surface area (Å²) in [5, 5.41) is 3.03. The van der Waals surface area contributed by atoms with Crippen LogP contribution in [0.2, 0.25) is 5.02 Å². The largest absolute Gasteiger partial charge is 0.513 e. The minimum atomic E-state index is -2.49. The third kappa shape index (κ3) is 5.62. The van der Waals surface area contributed by atoms with Crippen molar-refractivity contribution in [3.05, 3.63) is 70.1 Å². The number of carbonyl (C=O) groups is 3. The third-order valence-corrected chi connectivity index (χ3v) is 8.02. The van der Waals surface area contributed by atoms with E-state index in [-0.39, 0.29) is 42.4 Å². The van der Waals surface area contributed by atoms with Gasteiger partial charge in [-0.1, -0.05) is 35.9 Å². The second-order valence-electron chi connectivity index (χ2n) is 9.31. The number of rotatable bonds is 8. The number of likely N-dealkylation sites (tertiary alicyclic amines) is 1. The van der Waals surface area contributed by atoms with Crippen LogP contribution in [-0.4, -0.2) is 50.7 Å². The predicted octanol–water partition coefficient (Wildman–Crippen LogP) is 4.69. The number of hydrogen-bond acceptors (Lipinski definition) is 4. The number of halogens is 3. The summed E-state index contributed by atoms with van der Waals surface area (Å²) in [6.45, 7) is 2.23. The smallest absolute Gasteiger partial charge is 0.350 e. The monoisotopic (exact) mass is 564 g/mol. The molecule has 1 aromatic heterocycles. The lowest BCUT2D eigenvalue weighted by atomic mass is 10.1. The molecule has 0 aliphatic carbocycles. The minimum absolute atomic E-state index is 0.0921. The maximum Gasteiger partial charge on any atom is 0.513 e. The van der Waals surface area contributed by atoms with Crippen LogP contribution in [0.15, 0.2) is 42.6 Å². The van der Waals surface area contributed by atoms with Crippen LogP contribution in [0.5, 0.6) is 0 Å². The topological polar surface area (TPSA) is 109 Å². The standard InChI is InChI=1S/C26H25ClF2N3O5P/c1-14(33)20-12-31(22-8-16(6-7-19(20)22)15(2)38(36)37)13-24(34)32-11-18(28)9-23(32)26(35)30-10-17-4-3-5-21(27)25(17)29/h3-8,12,15,18,23H,9-11,13H2,1-2H3,(H-,30,35,36,37)/p+1/t15?,18-,23+/m1/s1. The van der Waals surface area contributed by atoms with Gasteiger partial charge < -0.3 is 14.8 Å². The van der Waals surface area contributed by atoms with Crippen molar-refractivity contribution in [3.63, 3.8) is 0 Å². The second-order valence-corrected chi connectivity index (χ2v) is 11.1. The Morgan fingerprint density at radius 2 is 2.00 bits per heavy atom. The van der Waals surface area contributed by atoms with E-state index in [0.717, 1.165) is 4.90 Å². The first kappa shape index (κ1) is 27.8. The van der Waals surface area contributed by atoms with Crippen molar-refractivity contribution in [1.29, 1.82) is 0 Å². The van der Waals surface area contributed by atoms with Crippen LogP contribution in [0.25, 0.3) is 10.9 Å². The van der Waals surface area contributed by atoms with Gasteiger partial charge in [-0.3, -0.25) is 14.4 Å². The van der Waals surface area contributed by atoms with Gasteiger partial charge in [0.25, 0.3) is 0 Å². The Labute approximate surface area is 223 Å². The van der Waals surface area contributed by atoms with Gasteiger partial charge in [0.15, 0.2) is 5.78 Å². The average Bonchev–Trinajstić information content (AvgIpc) is 3.44. The van der Waals surface area contributed by atoms with Crippen molar-refractivity contribution >= 4 is 48.1 Å². The third-order valence-electron chi connectivity index (χ3n) is 6.76. The fourth-order valence-electron chi connectivity index (χ4n) is 4.64. The molecule has 1 aliphatic heterocycles. The van der Waals surface area contributed by atoms with Gasteiger partial charge in [0.1, 0.15) is 24.6 Å². The zero-order chi connectivity index (χ0) is 27.7. The molecule has 200 valence electrons. The molecule has 2 N–H and O–H groups in total. The molecule has 8 nitrogen and oxygen atoms in total. The van der Waals surface area contributed by atoms with Crippen LogP contribution in [0, 0.1) is 5.82 Å². The van der Waals surface area contributed by atoms with Crippen molar-refractivity contribution in [1.82, 2.24) is 14.8 Å². The number of Topliss-reactive ketones (excluding diaryl/α,β-unsaturated/α-hetero) is 1. The van der Waals surface area contributed by atoms with Crippen molar-refractivity contribution in [3.8, 4) is 0 Å². The highest BCUT2D eigenvalue weighted by atomic mass is 35.5. The highest BCUT2D eigenvalue weighted by Gasteiger charge is 2.40. The summed E-state index contributed by atoms with van der Waals surface area (Å²) in [6.07, 6.45) is -0.107. The summed E-state index contributed by atoms with van der Waals surface area (Å²) < 4.78 is 41.7. The molecule has 2 unspecified atom stereocenters. The molecule has 0 saturated carbocycles. The van der Waals surface area contributed by atoms with Gasteiger partial charge in [-0.25, -0.2) is 8.78 Å². The summed E-state index contributed by atoms with van der Waals surface area (Å²) in [4.78, 5) is 49.1. The number of amides is 2. The van der Waals surface area contributed by atoms with Gasteiger partial charge in [-0.2, -0.15) is 4.89 Å². The number of nitrogens with one attached hydrogen (secondary N) is 1. The first-order valence-corrected chi connectivity index (χ1v) is 13.6. The van der Waals surface area contributed by atoms with E-state index in [2.05, 4.69) is 5.32 Å². The molecule has 1 aliphatic rings. The van der Waals surface area contributed by atoms with Gasteiger partial charge in [0.2, 0.25) is 17.5 Å². The van der Waals surface area contributed by atoms with E-state index in [9.17, 15) is 32.6 Å². The second kappa shape index (κ2) is 11.3. The summed E-state index contributed by atoms with van der Waals surface area (Å²) in [5.41, 5.74) is 0.904. The summed E-state index contributed by atoms with van der Waals surface area (Å²) in [7, 11) is -2.49. The number of alkyl halides is 1. The summed E-state index contributed by atoms with van der Waals surface area (Å²) >= 11 is 5.78. The van der Waals surface area contributed by atoms with Crippen LogP contribution in [-0.2, 0) is 27.2 Å². The van der Waals surface area contributed by atoms with Gasteiger partial charge in [0.05, 0.1) is 11.6 Å². The lowest BCUT2D eigenvalue weighted by molar-refractivity contribution is -0.139. The fourth-order valence-corrected chi connectivity index (χ4v) is 5.25. The number of ketones is 1. The first-order valence-electron chi connectivity index (χ1n) is 11.9. The lowest BCUT2D eigenvalue weighted by Gasteiger charge is -2.24. The molecule has 4 rings (SSSR count). The summed E-state index contributed by atoms with van der Waals surface area (Å²) in [6, 6.07) is 8.25. The van der Waals surface area contributed by atoms with Gasteiger partial charge in [-0.15, -0.1) is 0 Å². The van der Waals surface area contributed by atoms with E-state index in [1.807, 2.05) is 0 Å². The number of aromatic nitrogens is 1. The Morgan fingerprint density at radius 1 is 1.26 bits per heavy atom. The van der Waals surface area contributed by atoms with Crippen LogP contribution in [0.4, 0.5) is 8.78 Å². The zero-order valence-electron chi connectivity index (χ0n) is 20.7. The van der Waals surface area contributed by atoms with E-state index in [1.165, 1.54) is 35.9 Å². The molecular weight excluding hydrogens is 539 g/mol. The molecule has 0 radical (unpaired) electrons. The molecule has 2 aromatic carbocycles. The molecule has 4 atom stereocenters. The van der Waals surface area contributed by atoms with Crippen molar-refractivity contribution < 1.29 is 32.6 Å². The quantitative estimate of drug-likeness (QED) is 0.305. The van der Waals surface area contributed by atoms with Gasteiger partial charge in [0, 0.05) is 46.8 Å². The van der Waals surface area contributed by atoms with E-state index in [4.69, 9.17) is 11.6 Å². The van der Waals surface area contributed by atoms with Crippen molar-refractivity contribution in [2.75, 3.05) is 6.54 Å². The van der Waals surface area contributed by atoms with E-state index < -0.39 is 43.5 Å². The Balaban J connectivity index is 1.57. The maximum absolute atomic E-state index is 14.4. The number of carbonyl (C=O) groups excluding carboxylic acids is 3. The SMILES string of the molecule is CC(=O)c1cn(CC(=O)N2C[C@H](F)C[C@H]2C(=O)NCc2cccc(Cl)c2F)c2cc(C(C)[P+](=O)O)ccc12. The van der Waals surface area contributed by atoms with Gasteiger partial charge in [-0.05, 0) is 30.5 Å². The maximum atomic E-state index is 14.4.